The van der Waals surface area contributed by atoms with Crippen LogP contribution >= 0.6 is 0 Å². The molecule has 0 rings (SSSR count). The van der Waals surface area contributed by atoms with E-state index >= 15 is 0 Å². The van der Waals surface area contributed by atoms with Crippen LogP contribution in [-0.4, -0.2) is 11.1 Å². The number of aliphatic carboxylic acids is 1. The number of carboxylic acid groups (broad SMARTS) is 1. The predicted octanol–water partition coefficient (Wildman–Crippen LogP) is 5.26. The molecular weight excluding hydrogens is 224 g/mol. The second kappa shape index (κ2) is 9.41. The highest BCUT2D eigenvalue weighted by Gasteiger charge is 2.17. The fourth-order valence-electron chi connectivity index (χ4n) is 2.57. The molecule has 2 nitrogen and oxygen atoms in total. The maximum absolute atomic E-state index is 10.4. The van der Waals surface area contributed by atoms with Gasteiger partial charge in [-0.25, -0.2) is 0 Å². The van der Waals surface area contributed by atoms with Gasteiger partial charge in [-0.15, -0.1) is 0 Å². The van der Waals surface area contributed by atoms with Crippen LogP contribution in [0, 0.1) is 11.3 Å². The van der Waals surface area contributed by atoms with Crippen LogP contribution in [-0.2, 0) is 4.79 Å². The summed E-state index contributed by atoms with van der Waals surface area (Å²) < 4.78 is 0. The normalized spacial score (nSPS) is 13.6. The summed E-state index contributed by atoms with van der Waals surface area (Å²) in [5, 5.41) is 8.60. The fraction of sp³-hybridized carbons (Fsp3) is 0.938. The third kappa shape index (κ3) is 10.6. The molecule has 0 aliphatic carbocycles. The molecule has 1 N–H and O–H groups in total. The van der Waals surface area contributed by atoms with Crippen LogP contribution in [0.4, 0.5) is 0 Å². The molecule has 0 bridgehead atoms. The Morgan fingerprint density at radius 3 is 2.28 bits per heavy atom. The van der Waals surface area contributed by atoms with Gasteiger partial charge < -0.3 is 5.11 Å². The van der Waals surface area contributed by atoms with Gasteiger partial charge in [0.1, 0.15) is 0 Å². The quantitative estimate of drug-likeness (QED) is 0.512. The second-order valence-corrected chi connectivity index (χ2v) is 6.55. The standard InChI is InChI=1S/C16H32O2/c1-5-9-14(2)10-8-13-16(3,4)12-7-6-11-15(17)18/h14H,5-13H2,1-4H3,(H,17,18). The van der Waals surface area contributed by atoms with Crippen molar-refractivity contribution in [1.82, 2.24) is 0 Å². The lowest BCUT2D eigenvalue weighted by Crippen LogP contribution is -2.12. The minimum absolute atomic E-state index is 0.323. The first-order valence-electron chi connectivity index (χ1n) is 7.59. The zero-order valence-corrected chi connectivity index (χ0v) is 12.8. The molecular formula is C16H32O2. The Morgan fingerprint density at radius 1 is 1.11 bits per heavy atom. The highest BCUT2D eigenvalue weighted by Crippen LogP contribution is 2.31. The average molecular weight is 256 g/mol. The summed E-state index contributed by atoms with van der Waals surface area (Å²) in [5.41, 5.74) is 0.379. The number of carboxylic acids is 1. The number of hydrogen-bond acceptors (Lipinski definition) is 1. The molecule has 0 aromatic rings. The van der Waals surface area contributed by atoms with Gasteiger partial charge in [-0.3, -0.25) is 4.79 Å². The Balaban J connectivity index is 3.63. The molecule has 0 saturated carbocycles. The Bertz CT molecular complexity index is 221. The molecule has 0 amide bonds. The monoisotopic (exact) mass is 256 g/mol. The van der Waals surface area contributed by atoms with Gasteiger partial charge >= 0.3 is 5.97 Å². The van der Waals surface area contributed by atoms with Crippen LogP contribution in [0.15, 0.2) is 0 Å². The van der Waals surface area contributed by atoms with E-state index in [9.17, 15) is 4.79 Å². The Labute approximate surface area is 113 Å². The first-order valence-corrected chi connectivity index (χ1v) is 7.59. The summed E-state index contributed by atoms with van der Waals surface area (Å²) in [6, 6.07) is 0. The average Bonchev–Trinajstić information content (AvgIpc) is 2.24. The van der Waals surface area contributed by atoms with Gasteiger partial charge in [0.2, 0.25) is 0 Å². The van der Waals surface area contributed by atoms with Crippen molar-refractivity contribution in [3.05, 3.63) is 0 Å². The lowest BCUT2D eigenvalue weighted by molar-refractivity contribution is -0.137. The van der Waals surface area contributed by atoms with E-state index in [2.05, 4.69) is 27.7 Å². The first-order chi connectivity index (χ1) is 8.37. The zero-order chi connectivity index (χ0) is 14.0. The Hall–Kier alpha value is -0.530. The molecule has 0 aromatic heterocycles. The molecule has 108 valence electrons. The van der Waals surface area contributed by atoms with E-state index in [1.807, 2.05) is 0 Å². The molecule has 0 aliphatic heterocycles. The summed E-state index contributed by atoms with van der Waals surface area (Å²) in [4.78, 5) is 10.4. The van der Waals surface area contributed by atoms with E-state index in [1.165, 1.54) is 32.1 Å². The number of hydrogen-bond donors (Lipinski definition) is 1. The molecule has 1 atom stereocenters. The molecule has 0 fully saturated rings. The molecule has 1 unspecified atom stereocenters. The maximum atomic E-state index is 10.4. The molecule has 0 spiro atoms. The third-order valence-electron chi connectivity index (χ3n) is 3.83. The lowest BCUT2D eigenvalue weighted by atomic mass is 9.81. The van der Waals surface area contributed by atoms with E-state index in [4.69, 9.17) is 5.11 Å². The first kappa shape index (κ1) is 17.5. The van der Waals surface area contributed by atoms with E-state index < -0.39 is 5.97 Å². The van der Waals surface area contributed by atoms with Crippen LogP contribution in [0.3, 0.4) is 0 Å². The molecule has 2 heteroatoms. The number of unbranched alkanes of at least 4 members (excludes halogenated alkanes) is 1. The van der Waals surface area contributed by atoms with Gasteiger partial charge in [0.05, 0.1) is 0 Å². The van der Waals surface area contributed by atoms with Gasteiger partial charge in [-0.05, 0) is 30.6 Å². The fourth-order valence-corrected chi connectivity index (χ4v) is 2.57. The highest BCUT2D eigenvalue weighted by atomic mass is 16.4. The van der Waals surface area contributed by atoms with Crippen LogP contribution in [0.1, 0.15) is 85.5 Å². The maximum Gasteiger partial charge on any atom is 0.303 e. The lowest BCUT2D eigenvalue weighted by Gasteiger charge is -2.25. The Morgan fingerprint density at radius 2 is 1.72 bits per heavy atom. The largest absolute Gasteiger partial charge is 0.481 e. The predicted molar refractivity (Wildman–Crippen MR) is 77.8 cm³/mol. The van der Waals surface area contributed by atoms with Crippen LogP contribution < -0.4 is 0 Å². The van der Waals surface area contributed by atoms with Gasteiger partial charge in [-0.1, -0.05) is 59.8 Å². The minimum atomic E-state index is -0.666. The summed E-state index contributed by atoms with van der Waals surface area (Å²) >= 11 is 0. The van der Waals surface area contributed by atoms with Gasteiger partial charge in [0, 0.05) is 6.42 Å². The molecule has 0 saturated heterocycles. The van der Waals surface area contributed by atoms with Crippen molar-refractivity contribution < 1.29 is 9.90 Å². The summed E-state index contributed by atoms with van der Waals surface area (Å²) in [5.74, 6) is 0.194. The molecule has 0 radical (unpaired) electrons. The Kier molecular flexibility index (Phi) is 9.13. The molecule has 0 aromatic carbocycles. The van der Waals surface area contributed by atoms with Crippen molar-refractivity contribution in [3.63, 3.8) is 0 Å². The highest BCUT2D eigenvalue weighted by molar-refractivity contribution is 5.66. The van der Waals surface area contributed by atoms with Gasteiger partial charge in [0.15, 0.2) is 0 Å². The SMILES string of the molecule is CCCC(C)CCCC(C)(C)CCCCC(=O)O. The van der Waals surface area contributed by atoms with Crippen LogP contribution in [0.5, 0.6) is 0 Å². The van der Waals surface area contributed by atoms with E-state index in [0.717, 1.165) is 25.2 Å². The van der Waals surface area contributed by atoms with Crippen LogP contribution in [0.25, 0.3) is 0 Å². The van der Waals surface area contributed by atoms with Crippen molar-refractivity contribution >= 4 is 5.97 Å². The summed E-state index contributed by atoms with van der Waals surface area (Å²) in [7, 11) is 0. The van der Waals surface area contributed by atoms with E-state index in [1.54, 1.807) is 0 Å². The van der Waals surface area contributed by atoms with E-state index in [-0.39, 0.29) is 0 Å². The topological polar surface area (TPSA) is 37.3 Å². The van der Waals surface area contributed by atoms with E-state index in [0.29, 0.717) is 11.8 Å². The van der Waals surface area contributed by atoms with Crippen molar-refractivity contribution in [2.45, 2.75) is 85.5 Å². The van der Waals surface area contributed by atoms with Crippen molar-refractivity contribution in [1.29, 1.82) is 0 Å². The number of carbonyl (C=O) groups is 1. The smallest absolute Gasteiger partial charge is 0.303 e. The summed E-state index contributed by atoms with van der Waals surface area (Å²) in [6.07, 6.45) is 9.91. The van der Waals surface area contributed by atoms with Gasteiger partial charge in [-0.2, -0.15) is 0 Å². The van der Waals surface area contributed by atoms with Crippen molar-refractivity contribution in [3.8, 4) is 0 Å². The molecule has 18 heavy (non-hydrogen) atoms. The zero-order valence-electron chi connectivity index (χ0n) is 12.8. The summed E-state index contributed by atoms with van der Waals surface area (Å²) in [6.45, 7) is 9.24. The molecule has 0 aliphatic rings. The number of rotatable bonds is 11. The minimum Gasteiger partial charge on any atom is -0.481 e. The third-order valence-corrected chi connectivity index (χ3v) is 3.83. The van der Waals surface area contributed by atoms with Gasteiger partial charge in [0.25, 0.3) is 0 Å². The molecule has 0 heterocycles. The van der Waals surface area contributed by atoms with Crippen molar-refractivity contribution in [2.75, 3.05) is 0 Å². The second-order valence-electron chi connectivity index (χ2n) is 6.55. The van der Waals surface area contributed by atoms with Crippen molar-refractivity contribution in [2.24, 2.45) is 11.3 Å². The van der Waals surface area contributed by atoms with Crippen LogP contribution in [0.2, 0.25) is 0 Å².